The molecule has 1 saturated heterocycles. The summed E-state index contributed by atoms with van der Waals surface area (Å²) in [6.45, 7) is 2.98. The van der Waals surface area contributed by atoms with Crippen molar-refractivity contribution in [2.75, 3.05) is 23.8 Å². The molecule has 2 nitrogen and oxygen atoms in total. The number of carbonyl (C=O) groups is 1. The van der Waals surface area contributed by atoms with Gasteiger partial charge in [-0.3, -0.25) is 4.79 Å². The summed E-state index contributed by atoms with van der Waals surface area (Å²) in [7, 11) is 0. The molecule has 1 unspecified atom stereocenters. The van der Waals surface area contributed by atoms with Crippen LogP contribution in [0.25, 0.3) is 0 Å². The summed E-state index contributed by atoms with van der Waals surface area (Å²) in [6.07, 6.45) is 0. The average Bonchev–Trinajstić information content (AvgIpc) is 2.04. The van der Waals surface area contributed by atoms with Gasteiger partial charge in [-0.2, -0.15) is 24.4 Å². The highest BCUT2D eigenvalue weighted by molar-refractivity contribution is 7.99. The van der Waals surface area contributed by atoms with Crippen LogP contribution in [0.4, 0.5) is 0 Å². The summed E-state index contributed by atoms with van der Waals surface area (Å²) < 4.78 is 0. The molecule has 0 aromatic heterocycles. The van der Waals surface area contributed by atoms with Crippen LogP contribution in [0.2, 0.25) is 0 Å². The van der Waals surface area contributed by atoms with Gasteiger partial charge in [0.1, 0.15) is 0 Å². The van der Waals surface area contributed by atoms with E-state index in [0.717, 1.165) is 18.1 Å². The summed E-state index contributed by atoms with van der Waals surface area (Å²) in [4.78, 5) is 13.1. The second-order valence-electron chi connectivity index (χ2n) is 2.67. The Hall–Kier alpha value is 0.170. The number of thiol groups is 1. The van der Waals surface area contributed by atoms with Gasteiger partial charge in [-0.1, -0.05) is 0 Å². The Balaban J connectivity index is 2.47. The lowest BCUT2D eigenvalue weighted by Gasteiger charge is -2.32. The fourth-order valence-electron chi connectivity index (χ4n) is 1.19. The van der Waals surface area contributed by atoms with Crippen LogP contribution in [0, 0.1) is 0 Å². The van der Waals surface area contributed by atoms with E-state index in [1.54, 1.807) is 0 Å². The van der Waals surface area contributed by atoms with E-state index < -0.39 is 0 Å². The van der Waals surface area contributed by atoms with Gasteiger partial charge in [0.15, 0.2) is 0 Å². The van der Waals surface area contributed by atoms with Crippen molar-refractivity contribution in [1.29, 1.82) is 0 Å². The molecule has 1 rings (SSSR count). The van der Waals surface area contributed by atoms with Gasteiger partial charge >= 0.3 is 0 Å². The summed E-state index contributed by atoms with van der Waals surface area (Å²) in [6, 6.07) is 0.397. The number of rotatable bonds is 1. The molecule has 0 aromatic carbocycles. The molecular formula is C7H13NOS2. The molecule has 0 spiro atoms. The quantitative estimate of drug-likeness (QED) is 0.621. The molecule has 1 atom stereocenters. The molecule has 0 N–H and O–H groups in total. The molecule has 1 aliphatic heterocycles. The fourth-order valence-corrected chi connectivity index (χ4v) is 2.38. The molecular weight excluding hydrogens is 178 g/mol. The molecule has 4 heteroatoms. The highest BCUT2D eigenvalue weighted by atomic mass is 32.2. The molecule has 64 valence electrons. The van der Waals surface area contributed by atoms with Gasteiger partial charge in [0.25, 0.3) is 0 Å². The van der Waals surface area contributed by atoms with Gasteiger partial charge in [-0.25, -0.2) is 0 Å². The second-order valence-corrected chi connectivity index (χ2v) is 4.14. The third-order valence-corrected chi connectivity index (χ3v) is 3.28. The smallest absolute Gasteiger partial charge is 0.232 e. The van der Waals surface area contributed by atoms with Crippen LogP contribution >= 0.6 is 24.4 Å². The monoisotopic (exact) mass is 191 g/mol. The molecule has 1 heterocycles. The molecule has 0 saturated carbocycles. The zero-order chi connectivity index (χ0) is 8.27. The molecule has 0 bridgehead atoms. The minimum absolute atomic E-state index is 0.168. The maximum atomic E-state index is 11.2. The predicted molar refractivity (Wildman–Crippen MR) is 52.4 cm³/mol. The van der Waals surface area contributed by atoms with Crippen molar-refractivity contribution < 1.29 is 4.79 Å². The van der Waals surface area contributed by atoms with Crippen molar-refractivity contribution in [2.24, 2.45) is 0 Å². The standard InChI is InChI=1S/C7H13NOS2/c1-6-5-11-3-2-8(6)7(9)4-10/h6,10H,2-5H2,1H3. The summed E-state index contributed by atoms with van der Waals surface area (Å²) >= 11 is 5.88. The molecule has 1 amide bonds. The van der Waals surface area contributed by atoms with Gasteiger partial charge in [-0.05, 0) is 6.92 Å². The van der Waals surface area contributed by atoms with Crippen molar-refractivity contribution in [3.8, 4) is 0 Å². The van der Waals surface area contributed by atoms with Crippen molar-refractivity contribution in [2.45, 2.75) is 13.0 Å². The Morgan fingerprint density at radius 1 is 1.82 bits per heavy atom. The van der Waals surface area contributed by atoms with Crippen LogP contribution in [-0.4, -0.2) is 40.7 Å². The third kappa shape index (κ3) is 2.30. The lowest BCUT2D eigenvalue weighted by atomic mass is 10.3. The van der Waals surface area contributed by atoms with E-state index in [2.05, 4.69) is 19.6 Å². The average molecular weight is 191 g/mol. The molecule has 1 fully saturated rings. The van der Waals surface area contributed by atoms with Crippen LogP contribution < -0.4 is 0 Å². The summed E-state index contributed by atoms with van der Waals surface area (Å²) in [5.41, 5.74) is 0. The van der Waals surface area contributed by atoms with Gasteiger partial charge in [0.2, 0.25) is 5.91 Å². The van der Waals surface area contributed by atoms with E-state index in [1.807, 2.05) is 16.7 Å². The van der Waals surface area contributed by atoms with Crippen LogP contribution in [-0.2, 0) is 4.79 Å². The van der Waals surface area contributed by atoms with Crippen LogP contribution in [0.3, 0.4) is 0 Å². The number of hydrogen-bond donors (Lipinski definition) is 1. The SMILES string of the molecule is CC1CSCCN1C(=O)CS. The normalized spacial score (nSPS) is 25.3. The zero-order valence-electron chi connectivity index (χ0n) is 6.62. The fraction of sp³-hybridized carbons (Fsp3) is 0.857. The summed E-state index contributed by atoms with van der Waals surface area (Å²) in [5, 5.41) is 0. The molecule has 1 aliphatic rings. The van der Waals surface area contributed by atoms with Crippen molar-refractivity contribution >= 4 is 30.3 Å². The Morgan fingerprint density at radius 2 is 2.55 bits per heavy atom. The minimum atomic E-state index is 0.168. The van der Waals surface area contributed by atoms with E-state index >= 15 is 0 Å². The first kappa shape index (κ1) is 9.26. The van der Waals surface area contributed by atoms with Crippen LogP contribution in [0.5, 0.6) is 0 Å². The van der Waals surface area contributed by atoms with E-state index in [9.17, 15) is 4.79 Å². The first-order valence-electron chi connectivity index (χ1n) is 3.73. The molecule has 0 radical (unpaired) electrons. The third-order valence-electron chi connectivity index (χ3n) is 1.82. The Bertz CT molecular complexity index is 151. The first-order chi connectivity index (χ1) is 5.25. The lowest BCUT2D eigenvalue weighted by Crippen LogP contribution is -2.45. The number of thioether (sulfide) groups is 1. The van der Waals surface area contributed by atoms with E-state index in [-0.39, 0.29) is 5.91 Å². The highest BCUT2D eigenvalue weighted by Gasteiger charge is 2.21. The topological polar surface area (TPSA) is 20.3 Å². The Kier molecular flexibility index (Phi) is 3.59. The largest absolute Gasteiger partial charge is 0.338 e. The second kappa shape index (κ2) is 4.26. The number of nitrogens with zero attached hydrogens (tertiary/aromatic N) is 1. The van der Waals surface area contributed by atoms with Crippen molar-refractivity contribution in [3.05, 3.63) is 0 Å². The van der Waals surface area contributed by atoms with Crippen molar-refractivity contribution in [1.82, 2.24) is 4.90 Å². The molecule has 0 aliphatic carbocycles. The minimum Gasteiger partial charge on any atom is -0.338 e. The van der Waals surface area contributed by atoms with Crippen LogP contribution in [0.15, 0.2) is 0 Å². The van der Waals surface area contributed by atoms with E-state index in [4.69, 9.17) is 0 Å². The van der Waals surface area contributed by atoms with Gasteiger partial charge in [0.05, 0.1) is 5.75 Å². The van der Waals surface area contributed by atoms with Gasteiger partial charge in [-0.15, -0.1) is 0 Å². The summed E-state index contributed by atoms with van der Waals surface area (Å²) in [5.74, 6) is 2.65. The van der Waals surface area contributed by atoms with E-state index in [0.29, 0.717) is 11.8 Å². The van der Waals surface area contributed by atoms with Crippen LogP contribution in [0.1, 0.15) is 6.92 Å². The highest BCUT2D eigenvalue weighted by Crippen LogP contribution is 2.15. The van der Waals surface area contributed by atoms with E-state index in [1.165, 1.54) is 0 Å². The van der Waals surface area contributed by atoms with Crippen molar-refractivity contribution in [3.63, 3.8) is 0 Å². The van der Waals surface area contributed by atoms with Gasteiger partial charge in [0, 0.05) is 24.1 Å². The number of hydrogen-bond acceptors (Lipinski definition) is 3. The number of carbonyl (C=O) groups excluding carboxylic acids is 1. The predicted octanol–water partition coefficient (Wildman–Crippen LogP) is 0.880. The Morgan fingerprint density at radius 3 is 3.09 bits per heavy atom. The van der Waals surface area contributed by atoms with Gasteiger partial charge < -0.3 is 4.90 Å². The first-order valence-corrected chi connectivity index (χ1v) is 5.52. The lowest BCUT2D eigenvalue weighted by molar-refractivity contribution is -0.129. The molecule has 11 heavy (non-hydrogen) atoms. The maximum Gasteiger partial charge on any atom is 0.232 e. The zero-order valence-corrected chi connectivity index (χ0v) is 8.33. The molecule has 0 aromatic rings. The number of amides is 1. The maximum absolute atomic E-state index is 11.2. The Labute approximate surface area is 77.1 Å².